The van der Waals surface area contributed by atoms with E-state index in [1.807, 2.05) is 0 Å². The van der Waals surface area contributed by atoms with E-state index in [-0.39, 0.29) is 12.1 Å². The van der Waals surface area contributed by atoms with Crippen molar-refractivity contribution in [2.75, 3.05) is 6.61 Å². The second-order valence-electron chi connectivity index (χ2n) is 5.54. The molecule has 0 amide bonds. The highest BCUT2D eigenvalue weighted by molar-refractivity contribution is 5.07. The van der Waals surface area contributed by atoms with Crippen LogP contribution in [-0.2, 0) is 13.1 Å². The maximum Gasteiger partial charge on any atom is 0.0473 e. The van der Waals surface area contributed by atoms with E-state index in [0.29, 0.717) is 5.92 Å². The Labute approximate surface area is 98.5 Å². The van der Waals surface area contributed by atoms with Crippen molar-refractivity contribution in [2.45, 2.75) is 46.3 Å². The van der Waals surface area contributed by atoms with Gasteiger partial charge in [-0.15, -0.1) is 0 Å². The Kier molecular flexibility index (Phi) is 4.56. The predicted octanol–water partition coefficient (Wildman–Crippen LogP) is 2.00. The van der Waals surface area contributed by atoms with Crippen LogP contribution in [0.3, 0.4) is 0 Å². The first kappa shape index (κ1) is 13.3. The smallest absolute Gasteiger partial charge is 0.0473 e. The third-order valence-electron chi connectivity index (χ3n) is 2.54. The Balaban J connectivity index is 2.57. The molecule has 0 aliphatic carbocycles. The summed E-state index contributed by atoms with van der Waals surface area (Å²) in [6, 6.07) is 4.19. The Bertz CT molecular complexity index is 312. The summed E-state index contributed by atoms with van der Waals surface area (Å²) in [4.78, 5) is 0. The van der Waals surface area contributed by atoms with E-state index in [1.54, 1.807) is 0 Å². The summed E-state index contributed by atoms with van der Waals surface area (Å²) < 4.78 is 2.21. The molecule has 16 heavy (non-hydrogen) atoms. The fourth-order valence-electron chi connectivity index (χ4n) is 1.54. The second kappa shape index (κ2) is 5.51. The minimum absolute atomic E-state index is 0.137. The molecular weight excluding hydrogens is 200 g/mol. The van der Waals surface area contributed by atoms with Crippen LogP contribution < -0.4 is 5.32 Å². The number of hydrogen-bond donors (Lipinski definition) is 2. The average molecular weight is 224 g/mol. The van der Waals surface area contributed by atoms with Gasteiger partial charge in [0, 0.05) is 37.1 Å². The molecule has 0 aliphatic rings. The summed E-state index contributed by atoms with van der Waals surface area (Å²) in [5, 5.41) is 12.5. The summed E-state index contributed by atoms with van der Waals surface area (Å²) in [6.07, 6.45) is 2.08. The van der Waals surface area contributed by atoms with E-state index in [4.69, 9.17) is 5.11 Å². The molecule has 92 valence electrons. The summed E-state index contributed by atoms with van der Waals surface area (Å²) in [5.74, 6) is 0.306. The molecule has 0 radical (unpaired) electrons. The molecule has 1 rings (SSSR count). The number of hydrogen-bond acceptors (Lipinski definition) is 2. The van der Waals surface area contributed by atoms with Gasteiger partial charge < -0.3 is 15.0 Å². The third kappa shape index (κ3) is 4.37. The van der Waals surface area contributed by atoms with Gasteiger partial charge in [0.2, 0.25) is 0 Å². The van der Waals surface area contributed by atoms with Crippen LogP contribution in [0.2, 0.25) is 0 Å². The lowest BCUT2D eigenvalue weighted by Crippen LogP contribution is -2.35. The largest absolute Gasteiger partial charge is 0.396 e. The number of nitrogens with one attached hydrogen (secondary N) is 1. The first-order valence-electron chi connectivity index (χ1n) is 5.92. The molecule has 0 spiro atoms. The van der Waals surface area contributed by atoms with Crippen molar-refractivity contribution in [3.63, 3.8) is 0 Å². The minimum Gasteiger partial charge on any atom is -0.396 e. The van der Waals surface area contributed by atoms with Crippen LogP contribution in [0, 0.1) is 5.92 Å². The molecule has 3 heteroatoms. The van der Waals surface area contributed by atoms with Crippen LogP contribution in [0.1, 0.15) is 33.4 Å². The molecule has 0 aliphatic heterocycles. The number of aliphatic hydroxyl groups is 1. The molecule has 1 atom stereocenters. The number of aromatic nitrogens is 1. The summed E-state index contributed by atoms with van der Waals surface area (Å²) in [6.45, 7) is 10.5. The second-order valence-corrected chi connectivity index (χ2v) is 5.54. The van der Waals surface area contributed by atoms with Crippen LogP contribution in [0.4, 0.5) is 0 Å². The molecule has 1 unspecified atom stereocenters. The van der Waals surface area contributed by atoms with Crippen LogP contribution in [0.15, 0.2) is 18.3 Å². The Hall–Kier alpha value is -0.800. The van der Waals surface area contributed by atoms with E-state index < -0.39 is 0 Å². The number of rotatable bonds is 5. The molecule has 1 heterocycles. The van der Waals surface area contributed by atoms with Gasteiger partial charge in [0.1, 0.15) is 0 Å². The van der Waals surface area contributed by atoms with Crippen molar-refractivity contribution in [1.82, 2.24) is 9.88 Å². The molecule has 0 saturated heterocycles. The van der Waals surface area contributed by atoms with Crippen molar-refractivity contribution in [1.29, 1.82) is 0 Å². The van der Waals surface area contributed by atoms with Crippen LogP contribution >= 0.6 is 0 Å². The topological polar surface area (TPSA) is 37.2 Å². The van der Waals surface area contributed by atoms with Gasteiger partial charge in [0.05, 0.1) is 0 Å². The lowest BCUT2D eigenvalue weighted by atomic mass is 10.1. The zero-order valence-corrected chi connectivity index (χ0v) is 10.8. The SMILES string of the molecule is CC(CO)Cn1cccc1CNC(C)(C)C. The van der Waals surface area contributed by atoms with E-state index in [9.17, 15) is 0 Å². The number of aliphatic hydroxyl groups excluding tert-OH is 1. The van der Waals surface area contributed by atoms with Gasteiger partial charge >= 0.3 is 0 Å². The van der Waals surface area contributed by atoms with Gasteiger partial charge in [0.25, 0.3) is 0 Å². The van der Waals surface area contributed by atoms with Crippen molar-refractivity contribution >= 4 is 0 Å². The Morgan fingerprint density at radius 3 is 2.69 bits per heavy atom. The quantitative estimate of drug-likeness (QED) is 0.802. The van der Waals surface area contributed by atoms with Gasteiger partial charge in [-0.25, -0.2) is 0 Å². The van der Waals surface area contributed by atoms with Gasteiger partial charge in [0.15, 0.2) is 0 Å². The van der Waals surface area contributed by atoms with Gasteiger partial charge in [-0.3, -0.25) is 0 Å². The lowest BCUT2D eigenvalue weighted by molar-refractivity contribution is 0.221. The van der Waals surface area contributed by atoms with Crippen molar-refractivity contribution < 1.29 is 5.11 Å². The maximum atomic E-state index is 9.05. The fraction of sp³-hybridized carbons (Fsp3) is 0.692. The average Bonchev–Trinajstić information content (AvgIpc) is 2.61. The van der Waals surface area contributed by atoms with Gasteiger partial charge in [-0.1, -0.05) is 6.92 Å². The molecule has 3 nitrogen and oxygen atoms in total. The minimum atomic E-state index is 0.137. The highest BCUT2D eigenvalue weighted by Crippen LogP contribution is 2.08. The normalized spacial score (nSPS) is 14.1. The predicted molar refractivity (Wildman–Crippen MR) is 67.3 cm³/mol. The standard InChI is InChI=1S/C13H24N2O/c1-11(10-16)9-15-7-5-6-12(15)8-14-13(2,3)4/h5-7,11,14,16H,8-10H2,1-4H3. The van der Waals surface area contributed by atoms with E-state index in [2.05, 4.69) is 55.9 Å². The van der Waals surface area contributed by atoms with Gasteiger partial charge in [-0.2, -0.15) is 0 Å². The molecule has 2 N–H and O–H groups in total. The lowest BCUT2D eigenvalue weighted by Gasteiger charge is -2.21. The first-order chi connectivity index (χ1) is 7.42. The Morgan fingerprint density at radius 2 is 2.12 bits per heavy atom. The molecule has 1 aromatic rings. The monoisotopic (exact) mass is 224 g/mol. The maximum absolute atomic E-state index is 9.05. The molecule has 0 fully saturated rings. The summed E-state index contributed by atoms with van der Waals surface area (Å²) in [7, 11) is 0. The Morgan fingerprint density at radius 1 is 1.44 bits per heavy atom. The van der Waals surface area contributed by atoms with Crippen molar-refractivity contribution in [2.24, 2.45) is 5.92 Å². The molecular formula is C13H24N2O. The zero-order valence-electron chi connectivity index (χ0n) is 10.8. The van der Waals surface area contributed by atoms with Crippen LogP contribution in [-0.4, -0.2) is 21.8 Å². The van der Waals surface area contributed by atoms with Crippen molar-refractivity contribution in [3.8, 4) is 0 Å². The van der Waals surface area contributed by atoms with E-state index >= 15 is 0 Å². The first-order valence-corrected chi connectivity index (χ1v) is 5.92. The van der Waals surface area contributed by atoms with E-state index in [0.717, 1.165) is 13.1 Å². The summed E-state index contributed by atoms with van der Waals surface area (Å²) in [5.41, 5.74) is 1.41. The molecule has 0 aromatic carbocycles. The zero-order chi connectivity index (χ0) is 12.2. The fourth-order valence-corrected chi connectivity index (χ4v) is 1.54. The highest BCUT2D eigenvalue weighted by atomic mass is 16.3. The molecule has 1 aromatic heterocycles. The third-order valence-corrected chi connectivity index (χ3v) is 2.54. The van der Waals surface area contributed by atoms with Crippen LogP contribution in [0.5, 0.6) is 0 Å². The number of nitrogens with zero attached hydrogens (tertiary/aromatic N) is 1. The van der Waals surface area contributed by atoms with Gasteiger partial charge in [-0.05, 0) is 38.8 Å². The van der Waals surface area contributed by atoms with Crippen molar-refractivity contribution in [3.05, 3.63) is 24.0 Å². The highest BCUT2D eigenvalue weighted by Gasteiger charge is 2.10. The van der Waals surface area contributed by atoms with E-state index in [1.165, 1.54) is 5.69 Å². The molecule has 0 saturated carbocycles. The summed E-state index contributed by atoms with van der Waals surface area (Å²) >= 11 is 0. The molecule has 0 bridgehead atoms. The van der Waals surface area contributed by atoms with Crippen LogP contribution in [0.25, 0.3) is 0 Å².